The Morgan fingerprint density at radius 2 is 1.96 bits per heavy atom. The van der Waals surface area contributed by atoms with Crippen LogP contribution in [0.15, 0.2) is 57.6 Å². The molecule has 0 amide bonds. The minimum Gasteiger partial charge on any atom is -0.459 e. The molecule has 1 saturated carbocycles. The number of hydrogen-bond donors (Lipinski definition) is 1. The van der Waals surface area contributed by atoms with Gasteiger partial charge in [0.1, 0.15) is 5.76 Å². The second-order valence-electron chi connectivity index (χ2n) is 6.15. The maximum atomic E-state index is 5.74. The molecule has 0 bridgehead atoms. The van der Waals surface area contributed by atoms with Crippen molar-refractivity contribution in [1.82, 2.24) is 10.3 Å². The van der Waals surface area contributed by atoms with E-state index in [0.29, 0.717) is 18.2 Å². The molecule has 4 rings (SSSR count). The van der Waals surface area contributed by atoms with Crippen molar-refractivity contribution in [2.75, 3.05) is 0 Å². The summed E-state index contributed by atoms with van der Waals surface area (Å²) >= 11 is 0. The van der Waals surface area contributed by atoms with Gasteiger partial charge in [-0.05, 0) is 43.9 Å². The van der Waals surface area contributed by atoms with Crippen molar-refractivity contribution in [1.29, 1.82) is 0 Å². The van der Waals surface area contributed by atoms with Crippen molar-refractivity contribution in [3.8, 4) is 11.7 Å². The first-order valence-corrected chi connectivity index (χ1v) is 8.08. The zero-order chi connectivity index (χ0) is 15.7. The zero-order valence-corrected chi connectivity index (χ0v) is 13.2. The van der Waals surface area contributed by atoms with Crippen LogP contribution < -0.4 is 5.32 Å². The first kappa shape index (κ1) is 14.3. The highest BCUT2D eigenvalue weighted by Crippen LogP contribution is 2.41. The van der Waals surface area contributed by atoms with Gasteiger partial charge in [0.2, 0.25) is 0 Å². The quantitative estimate of drug-likeness (QED) is 0.758. The van der Waals surface area contributed by atoms with E-state index in [1.54, 1.807) is 6.26 Å². The van der Waals surface area contributed by atoms with E-state index in [0.717, 1.165) is 11.5 Å². The first-order valence-electron chi connectivity index (χ1n) is 8.08. The first-order chi connectivity index (χ1) is 11.3. The molecule has 2 heterocycles. The average molecular weight is 308 g/mol. The number of rotatable bonds is 5. The molecule has 3 aromatic rings. The van der Waals surface area contributed by atoms with Gasteiger partial charge in [-0.1, -0.05) is 30.3 Å². The molecule has 0 saturated heterocycles. The number of hydrogen-bond acceptors (Lipinski definition) is 4. The number of benzene rings is 1. The lowest BCUT2D eigenvalue weighted by atomic mass is 9.72. The number of nitrogens with zero attached hydrogens (tertiary/aromatic N) is 1. The van der Waals surface area contributed by atoms with Crippen LogP contribution in [-0.2, 0) is 12.1 Å². The SMILES string of the molecule is Cc1oc(-c2ccco2)nc1CNC1(c2ccccc2)CCC1. The van der Waals surface area contributed by atoms with Gasteiger partial charge in [0.15, 0.2) is 5.76 Å². The molecule has 4 nitrogen and oxygen atoms in total. The molecule has 118 valence electrons. The minimum atomic E-state index is 0.0808. The van der Waals surface area contributed by atoms with Crippen molar-refractivity contribution in [3.63, 3.8) is 0 Å². The average Bonchev–Trinajstić information content (AvgIpc) is 3.17. The van der Waals surface area contributed by atoms with Crippen LogP contribution in [0.5, 0.6) is 0 Å². The molecule has 1 N–H and O–H groups in total. The van der Waals surface area contributed by atoms with E-state index < -0.39 is 0 Å². The van der Waals surface area contributed by atoms with Crippen LogP contribution in [0, 0.1) is 6.92 Å². The molecule has 0 aliphatic heterocycles. The van der Waals surface area contributed by atoms with E-state index >= 15 is 0 Å². The van der Waals surface area contributed by atoms with Gasteiger partial charge in [-0.25, -0.2) is 4.98 Å². The third-order valence-corrected chi connectivity index (χ3v) is 4.75. The summed E-state index contributed by atoms with van der Waals surface area (Å²) in [7, 11) is 0. The molecule has 0 radical (unpaired) electrons. The van der Waals surface area contributed by atoms with Crippen LogP contribution in [0.2, 0.25) is 0 Å². The molecular weight excluding hydrogens is 288 g/mol. The van der Waals surface area contributed by atoms with Gasteiger partial charge in [0, 0.05) is 12.1 Å². The zero-order valence-electron chi connectivity index (χ0n) is 13.2. The van der Waals surface area contributed by atoms with Crippen molar-refractivity contribution < 1.29 is 8.83 Å². The molecule has 1 aliphatic rings. The van der Waals surface area contributed by atoms with Gasteiger partial charge >= 0.3 is 0 Å². The third kappa shape index (κ3) is 2.59. The molecule has 1 aromatic carbocycles. The Labute approximate surface area is 135 Å². The van der Waals surface area contributed by atoms with Gasteiger partial charge in [-0.3, -0.25) is 0 Å². The summed E-state index contributed by atoms with van der Waals surface area (Å²) in [6.45, 7) is 2.65. The summed E-state index contributed by atoms with van der Waals surface area (Å²) in [5.41, 5.74) is 2.38. The molecule has 0 spiro atoms. The van der Waals surface area contributed by atoms with Crippen LogP contribution in [0.1, 0.15) is 36.3 Å². The second kappa shape index (κ2) is 5.70. The lowest BCUT2D eigenvalue weighted by Gasteiger charge is -2.43. The normalized spacial score (nSPS) is 16.2. The summed E-state index contributed by atoms with van der Waals surface area (Å²) in [6, 6.07) is 14.4. The molecule has 2 aromatic heterocycles. The minimum absolute atomic E-state index is 0.0808. The predicted molar refractivity (Wildman–Crippen MR) is 87.8 cm³/mol. The van der Waals surface area contributed by atoms with Crippen LogP contribution in [0.3, 0.4) is 0 Å². The summed E-state index contributed by atoms with van der Waals surface area (Å²) in [5, 5.41) is 3.71. The van der Waals surface area contributed by atoms with Crippen molar-refractivity contribution in [3.05, 3.63) is 65.7 Å². The van der Waals surface area contributed by atoms with Gasteiger partial charge < -0.3 is 14.2 Å². The number of nitrogens with one attached hydrogen (secondary N) is 1. The summed E-state index contributed by atoms with van der Waals surface area (Å²) < 4.78 is 11.1. The standard InChI is InChI=1S/C19H20N2O2/c1-14-16(21-18(23-14)17-9-5-12-22-17)13-20-19(10-6-11-19)15-7-3-2-4-8-15/h2-5,7-9,12,20H,6,10-11,13H2,1H3. The summed E-state index contributed by atoms with van der Waals surface area (Å²) in [6.07, 6.45) is 5.22. The lowest BCUT2D eigenvalue weighted by Crippen LogP contribution is -2.47. The molecule has 1 aliphatic carbocycles. The van der Waals surface area contributed by atoms with E-state index in [1.165, 1.54) is 24.8 Å². The molecule has 1 fully saturated rings. The van der Waals surface area contributed by atoms with Gasteiger partial charge in [0.05, 0.1) is 12.0 Å². The molecular formula is C19H20N2O2. The number of oxazole rings is 1. The maximum Gasteiger partial charge on any atom is 0.263 e. The Morgan fingerprint density at radius 3 is 2.61 bits per heavy atom. The van der Waals surface area contributed by atoms with Crippen LogP contribution >= 0.6 is 0 Å². The largest absolute Gasteiger partial charge is 0.459 e. The van der Waals surface area contributed by atoms with E-state index in [4.69, 9.17) is 8.83 Å². The predicted octanol–water partition coefficient (Wildman–Crippen LogP) is 4.41. The van der Waals surface area contributed by atoms with Gasteiger partial charge in [-0.15, -0.1) is 0 Å². The molecule has 4 heteroatoms. The van der Waals surface area contributed by atoms with E-state index in [9.17, 15) is 0 Å². The van der Waals surface area contributed by atoms with E-state index in [-0.39, 0.29) is 5.54 Å². The van der Waals surface area contributed by atoms with Crippen molar-refractivity contribution in [2.45, 2.75) is 38.3 Å². The van der Waals surface area contributed by atoms with E-state index in [1.807, 2.05) is 19.1 Å². The molecule has 23 heavy (non-hydrogen) atoms. The van der Waals surface area contributed by atoms with Crippen LogP contribution in [-0.4, -0.2) is 4.98 Å². The Morgan fingerprint density at radius 1 is 1.13 bits per heavy atom. The monoisotopic (exact) mass is 308 g/mol. The number of aromatic nitrogens is 1. The Bertz CT molecular complexity index is 771. The smallest absolute Gasteiger partial charge is 0.263 e. The fourth-order valence-corrected chi connectivity index (χ4v) is 3.21. The van der Waals surface area contributed by atoms with Crippen LogP contribution in [0.4, 0.5) is 0 Å². The van der Waals surface area contributed by atoms with Crippen molar-refractivity contribution in [2.24, 2.45) is 0 Å². The van der Waals surface area contributed by atoms with Crippen LogP contribution in [0.25, 0.3) is 11.7 Å². The number of furan rings is 1. The fourth-order valence-electron chi connectivity index (χ4n) is 3.21. The highest BCUT2D eigenvalue weighted by Gasteiger charge is 2.38. The third-order valence-electron chi connectivity index (χ3n) is 4.75. The Balaban J connectivity index is 1.53. The lowest BCUT2D eigenvalue weighted by molar-refractivity contribution is 0.182. The maximum absolute atomic E-state index is 5.74. The molecule has 0 unspecified atom stereocenters. The van der Waals surface area contributed by atoms with Gasteiger partial charge in [-0.2, -0.15) is 0 Å². The number of aryl methyl sites for hydroxylation is 1. The summed E-state index contributed by atoms with van der Waals surface area (Å²) in [5.74, 6) is 2.05. The molecule has 0 atom stereocenters. The van der Waals surface area contributed by atoms with Gasteiger partial charge in [0.25, 0.3) is 5.89 Å². The summed E-state index contributed by atoms with van der Waals surface area (Å²) in [4.78, 5) is 4.58. The Kier molecular flexibility index (Phi) is 3.54. The fraction of sp³-hybridized carbons (Fsp3) is 0.316. The highest BCUT2D eigenvalue weighted by molar-refractivity contribution is 5.44. The highest BCUT2D eigenvalue weighted by atomic mass is 16.4. The van der Waals surface area contributed by atoms with E-state index in [2.05, 4.69) is 40.6 Å². The Hall–Kier alpha value is -2.33. The second-order valence-corrected chi connectivity index (χ2v) is 6.15. The van der Waals surface area contributed by atoms with Crippen molar-refractivity contribution >= 4 is 0 Å². The topological polar surface area (TPSA) is 51.2 Å².